The first kappa shape index (κ1) is 21.4. The number of halogens is 2. The summed E-state index contributed by atoms with van der Waals surface area (Å²) in [5, 5.41) is 2.88. The molecule has 1 aromatic carbocycles. The number of carbonyl (C=O) groups excluding carboxylic acids is 1. The molecule has 1 N–H and O–H groups in total. The maximum Gasteiger partial charge on any atom is 0.387 e. The second-order valence-electron chi connectivity index (χ2n) is 7.87. The molecule has 2 aliphatic heterocycles. The van der Waals surface area contributed by atoms with Crippen LogP contribution in [0.5, 0.6) is 5.75 Å². The molecule has 31 heavy (non-hydrogen) atoms. The molecule has 9 heteroatoms. The summed E-state index contributed by atoms with van der Waals surface area (Å²) in [6.45, 7) is 0.0925. The number of fused-ring (bicyclic) bond motifs is 1. The largest absolute Gasteiger partial charge is 0.435 e. The van der Waals surface area contributed by atoms with Gasteiger partial charge in [0.2, 0.25) is 0 Å². The number of urea groups is 1. The summed E-state index contributed by atoms with van der Waals surface area (Å²) in [6.07, 6.45) is 5.53. The quantitative estimate of drug-likeness (QED) is 0.758. The average molecular weight is 432 g/mol. The molecule has 2 aromatic rings. The van der Waals surface area contributed by atoms with Crippen LogP contribution in [0.1, 0.15) is 35.5 Å². The molecule has 166 valence electrons. The van der Waals surface area contributed by atoms with Crippen LogP contribution in [-0.4, -0.2) is 47.3 Å². The summed E-state index contributed by atoms with van der Waals surface area (Å²) in [5.41, 5.74) is 2.80. The van der Waals surface area contributed by atoms with Gasteiger partial charge in [-0.05, 0) is 48.4 Å². The van der Waals surface area contributed by atoms with Crippen molar-refractivity contribution in [3.8, 4) is 5.75 Å². The van der Waals surface area contributed by atoms with Crippen LogP contribution in [-0.2, 0) is 30.7 Å². The Labute approximate surface area is 179 Å². The van der Waals surface area contributed by atoms with Gasteiger partial charge in [-0.2, -0.15) is 8.78 Å². The fourth-order valence-electron chi connectivity index (χ4n) is 3.90. The Morgan fingerprint density at radius 1 is 1.26 bits per heavy atom. The van der Waals surface area contributed by atoms with E-state index in [9.17, 15) is 13.6 Å². The Morgan fingerprint density at radius 2 is 2.03 bits per heavy atom. The van der Waals surface area contributed by atoms with Gasteiger partial charge in [0.1, 0.15) is 11.6 Å². The molecule has 4 rings (SSSR count). The number of amides is 2. The van der Waals surface area contributed by atoms with Crippen LogP contribution in [0.3, 0.4) is 0 Å². The summed E-state index contributed by atoms with van der Waals surface area (Å²) in [5.74, 6) is 1.47. The van der Waals surface area contributed by atoms with E-state index in [-0.39, 0.29) is 11.8 Å². The lowest BCUT2D eigenvalue weighted by molar-refractivity contribution is -0.0498. The number of nitrogens with one attached hydrogen (secondary N) is 1. The number of alkyl halides is 2. The van der Waals surface area contributed by atoms with Gasteiger partial charge in [0.05, 0.1) is 12.2 Å². The molecule has 7 nitrogen and oxygen atoms in total. The fraction of sp³-hybridized carbons (Fsp3) is 0.500. The van der Waals surface area contributed by atoms with Gasteiger partial charge < -0.3 is 19.7 Å². The number of ether oxygens (including phenoxy) is 2. The second-order valence-corrected chi connectivity index (χ2v) is 7.87. The van der Waals surface area contributed by atoms with Crippen LogP contribution in [0.15, 0.2) is 30.5 Å². The van der Waals surface area contributed by atoms with Gasteiger partial charge in [0.25, 0.3) is 0 Å². The van der Waals surface area contributed by atoms with Crippen LogP contribution < -0.4 is 10.1 Å². The predicted octanol–water partition coefficient (Wildman–Crippen LogP) is 3.32. The predicted molar refractivity (Wildman–Crippen MR) is 109 cm³/mol. The molecule has 0 unspecified atom stereocenters. The molecule has 0 spiro atoms. The maximum atomic E-state index is 12.6. The highest BCUT2D eigenvalue weighted by atomic mass is 19.3. The molecule has 0 aliphatic carbocycles. The number of rotatable bonds is 6. The first-order chi connectivity index (χ1) is 15.1. The van der Waals surface area contributed by atoms with E-state index in [1.54, 1.807) is 17.0 Å². The normalized spacial score (nSPS) is 16.8. The van der Waals surface area contributed by atoms with Crippen molar-refractivity contribution < 1.29 is 23.0 Å². The molecule has 0 bridgehead atoms. The lowest BCUT2D eigenvalue weighted by Crippen LogP contribution is -2.42. The van der Waals surface area contributed by atoms with Gasteiger partial charge in [-0.15, -0.1) is 0 Å². The van der Waals surface area contributed by atoms with Gasteiger partial charge >= 0.3 is 12.6 Å². The van der Waals surface area contributed by atoms with Crippen LogP contribution in [0, 0.1) is 5.92 Å². The SMILES string of the molecule is O=C(NCc1ccc(OC(F)F)cc1)N1CCc2cnc(CC3CCOCC3)nc2C1. The zero-order valence-electron chi connectivity index (χ0n) is 17.2. The Hall–Kier alpha value is -2.81. The third kappa shape index (κ3) is 5.88. The van der Waals surface area contributed by atoms with Gasteiger partial charge in [-0.3, -0.25) is 0 Å². The molecule has 1 fully saturated rings. The van der Waals surface area contributed by atoms with Crippen molar-refractivity contribution in [3.63, 3.8) is 0 Å². The first-order valence-electron chi connectivity index (χ1n) is 10.5. The first-order valence-corrected chi connectivity index (χ1v) is 10.5. The van der Waals surface area contributed by atoms with Gasteiger partial charge in [-0.1, -0.05) is 12.1 Å². The summed E-state index contributed by atoms with van der Waals surface area (Å²) < 4.78 is 34.2. The molecular formula is C22H26F2N4O3. The van der Waals surface area contributed by atoms with E-state index in [0.717, 1.165) is 61.5 Å². The van der Waals surface area contributed by atoms with E-state index in [4.69, 9.17) is 9.72 Å². The lowest BCUT2D eigenvalue weighted by Gasteiger charge is -2.28. The van der Waals surface area contributed by atoms with Crippen molar-refractivity contribution in [3.05, 3.63) is 53.1 Å². The molecule has 1 aromatic heterocycles. The molecule has 0 saturated carbocycles. The van der Waals surface area contributed by atoms with Gasteiger partial charge in [0.15, 0.2) is 0 Å². The molecule has 0 atom stereocenters. The van der Waals surface area contributed by atoms with Crippen molar-refractivity contribution >= 4 is 6.03 Å². The average Bonchev–Trinajstić information content (AvgIpc) is 2.78. The minimum atomic E-state index is -2.85. The molecule has 0 radical (unpaired) electrons. The Morgan fingerprint density at radius 3 is 2.77 bits per heavy atom. The minimum Gasteiger partial charge on any atom is -0.435 e. The smallest absolute Gasteiger partial charge is 0.387 e. The minimum absolute atomic E-state index is 0.0916. The van der Waals surface area contributed by atoms with Crippen LogP contribution in [0.2, 0.25) is 0 Å². The van der Waals surface area contributed by atoms with Crippen LogP contribution in [0.4, 0.5) is 13.6 Å². The van der Waals surface area contributed by atoms with E-state index in [0.29, 0.717) is 25.6 Å². The summed E-state index contributed by atoms with van der Waals surface area (Å²) in [4.78, 5) is 23.6. The maximum absolute atomic E-state index is 12.6. The highest BCUT2D eigenvalue weighted by Crippen LogP contribution is 2.21. The topological polar surface area (TPSA) is 76.6 Å². The van der Waals surface area contributed by atoms with Crippen molar-refractivity contribution in [2.45, 2.75) is 45.4 Å². The van der Waals surface area contributed by atoms with Crippen molar-refractivity contribution in [1.82, 2.24) is 20.2 Å². The number of hydrogen-bond acceptors (Lipinski definition) is 5. The Kier molecular flexibility index (Phi) is 6.91. The van der Waals surface area contributed by atoms with Crippen LogP contribution >= 0.6 is 0 Å². The molecular weight excluding hydrogens is 406 g/mol. The highest BCUT2D eigenvalue weighted by molar-refractivity contribution is 5.74. The zero-order chi connectivity index (χ0) is 21.6. The number of aromatic nitrogens is 2. The van der Waals surface area contributed by atoms with Gasteiger partial charge in [0, 0.05) is 38.9 Å². The Bertz CT molecular complexity index is 889. The third-order valence-corrected chi connectivity index (χ3v) is 5.69. The number of benzene rings is 1. The van der Waals surface area contributed by atoms with E-state index in [1.165, 1.54) is 12.1 Å². The lowest BCUT2D eigenvalue weighted by atomic mass is 9.96. The van der Waals surface area contributed by atoms with Crippen molar-refractivity contribution in [2.75, 3.05) is 19.8 Å². The summed E-state index contributed by atoms with van der Waals surface area (Å²) in [6, 6.07) is 6.05. The van der Waals surface area contributed by atoms with Gasteiger partial charge in [-0.25, -0.2) is 14.8 Å². The summed E-state index contributed by atoms with van der Waals surface area (Å²) in [7, 11) is 0. The standard InChI is InChI=1S/C22H26F2N4O3/c23-21(24)31-18-3-1-16(2-4-18)12-26-22(29)28-8-5-17-13-25-20(27-19(17)14-28)11-15-6-9-30-10-7-15/h1-4,13,15,21H,5-12,14H2,(H,26,29). The Balaban J connectivity index is 1.31. The zero-order valence-corrected chi connectivity index (χ0v) is 17.2. The molecule has 2 aliphatic rings. The van der Waals surface area contributed by atoms with E-state index < -0.39 is 6.61 Å². The van der Waals surface area contributed by atoms with E-state index in [1.807, 2.05) is 6.20 Å². The van der Waals surface area contributed by atoms with Crippen LogP contribution in [0.25, 0.3) is 0 Å². The second kappa shape index (κ2) is 10.00. The molecule has 1 saturated heterocycles. The number of hydrogen-bond donors (Lipinski definition) is 1. The van der Waals surface area contributed by atoms with E-state index >= 15 is 0 Å². The molecule has 2 amide bonds. The van der Waals surface area contributed by atoms with Crippen molar-refractivity contribution in [1.29, 1.82) is 0 Å². The highest BCUT2D eigenvalue weighted by Gasteiger charge is 2.23. The molecule has 3 heterocycles. The number of nitrogens with zero attached hydrogens (tertiary/aromatic N) is 3. The van der Waals surface area contributed by atoms with E-state index in [2.05, 4.69) is 15.0 Å². The fourth-order valence-corrected chi connectivity index (χ4v) is 3.90. The van der Waals surface area contributed by atoms with Crippen molar-refractivity contribution in [2.24, 2.45) is 5.92 Å². The monoisotopic (exact) mass is 432 g/mol. The number of carbonyl (C=O) groups is 1. The summed E-state index contributed by atoms with van der Waals surface area (Å²) >= 11 is 0. The third-order valence-electron chi connectivity index (χ3n) is 5.69.